The number of hydrogen-bond donors (Lipinski definition) is 3. The summed E-state index contributed by atoms with van der Waals surface area (Å²) in [5, 5.41) is 16.1. The van der Waals surface area contributed by atoms with Crippen LogP contribution < -0.4 is 10.1 Å². The quantitative estimate of drug-likeness (QED) is 0.310. The molecule has 3 N–H and O–H groups in total. The number of carbonyl (C=O) groups is 1. The van der Waals surface area contributed by atoms with Gasteiger partial charge in [0.05, 0.1) is 51.9 Å². The Labute approximate surface area is 214 Å². The highest BCUT2D eigenvalue weighted by molar-refractivity contribution is 6.35. The van der Waals surface area contributed by atoms with Crippen molar-refractivity contribution >= 4 is 45.8 Å². The monoisotopic (exact) mass is 523 g/mol. The van der Waals surface area contributed by atoms with Crippen LogP contribution in [0.2, 0.25) is 10.0 Å². The highest BCUT2D eigenvalue weighted by Gasteiger charge is 2.28. The Morgan fingerprint density at radius 1 is 1.19 bits per heavy atom. The second kappa shape index (κ2) is 8.85. The molecule has 2 amide bonds. The first-order chi connectivity index (χ1) is 17.4. The van der Waals surface area contributed by atoms with Crippen LogP contribution in [0.1, 0.15) is 17.0 Å². The summed E-state index contributed by atoms with van der Waals surface area (Å²) in [6, 6.07) is 5.40. The van der Waals surface area contributed by atoms with Gasteiger partial charge in [0.25, 0.3) is 0 Å². The van der Waals surface area contributed by atoms with Crippen LogP contribution >= 0.6 is 23.2 Å². The normalized spacial score (nSPS) is 12.8. The number of fused-ring (bicyclic) bond motifs is 2. The van der Waals surface area contributed by atoms with Gasteiger partial charge in [-0.25, -0.2) is 9.78 Å². The Bertz CT molecular complexity index is 1560. The Morgan fingerprint density at radius 2 is 2.03 bits per heavy atom. The molecule has 5 heterocycles. The van der Waals surface area contributed by atoms with Crippen molar-refractivity contribution < 1.29 is 9.53 Å². The number of benzene rings is 1. The fourth-order valence-corrected chi connectivity index (χ4v) is 4.55. The van der Waals surface area contributed by atoms with E-state index in [1.165, 1.54) is 12.4 Å². The van der Waals surface area contributed by atoms with Gasteiger partial charge in [0.1, 0.15) is 18.1 Å². The predicted octanol–water partition coefficient (Wildman–Crippen LogP) is 4.52. The first-order valence-corrected chi connectivity index (χ1v) is 11.7. The number of urea groups is 1. The van der Waals surface area contributed by atoms with E-state index in [9.17, 15) is 4.79 Å². The van der Waals surface area contributed by atoms with E-state index in [4.69, 9.17) is 32.9 Å². The summed E-state index contributed by atoms with van der Waals surface area (Å²) in [4.78, 5) is 26.3. The van der Waals surface area contributed by atoms with Gasteiger partial charge in [-0.3, -0.25) is 14.8 Å². The second-order valence-electron chi connectivity index (χ2n) is 8.35. The average Bonchev–Trinajstić information content (AvgIpc) is 3.61. The van der Waals surface area contributed by atoms with E-state index in [0.29, 0.717) is 51.7 Å². The molecule has 11 nitrogen and oxygen atoms in total. The number of ether oxygens (including phenoxy) is 1. The summed E-state index contributed by atoms with van der Waals surface area (Å²) >= 11 is 12.4. The fraction of sp³-hybridized carbons (Fsp3) is 0.174. The lowest BCUT2D eigenvalue weighted by atomic mass is 10.2. The molecule has 36 heavy (non-hydrogen) atoms. The highest BCUT2D eigenvalue weighted by Crippen LogP contribution is 2.32. The van der Waals surface area contributed by atoms with Crippen molar-refractivity contribution in [1.29, 1.82) is 0 Å². The number of anilines is 1. The van der Waals surface area contributed by atoms with Gasteiger partial charge in [0, 0.05) is 36.6 Å². The molecule has 0 fully saturated rings. The lowest BCUT2D eigenvalue weighted by Gasteiger charge is -2.15. The van der Waals surface area contributed by atoms with E-state index in [0.717, 1.165) is 22.3 Å². The number of halogens is 2. The van der Waals surface area contributed by atoms with Crippen molar-refractivity contribution in [2.24, 2.45) is 7.05 Å². The zero-order valence-electron chi connectivity index (χ0n) is 18.9. The maximum atomic E-state index is 12.6. The SMILES string of the molecule is Cn1cc(NC(=O)N2Cc3nc(-c4n[nH]c5ccc(OCc6c(Cl)cncc6Cl)cc45)[nH]c3C2)cn1. The third kappa shape index (κ3) is 4.12. The van der Waals surface area contributed by atoms with Crippen molar-refractivity contribution in [2.75, 3.05) is 5.32 Å². The third-order valence-corrected chi connectivity index (χ3v) is 6.54. The first kappa shape index (κ1) is 22.4. The average molecular weight is 524 g/mol. The molecule has 6 rings (SSSR count). The van der Waals surface area contributed by atoms with E-state index < -0.39 is 0 Å². The smallest absolute Gasteiger partial charge is 0.322 e. The molecule has 0 saturated carbocycles. The van der Waals surface area contributed by atoms with Crippen LogP contribution in [0.4, 0.5) is 10.5 Å². The number of amides is 2. The lowest BCUT2D eigenvalue weighted by Crippen LogP contribution is -2.30. The number of aromatic amines is 2. The summed E-state index contributed by atoms with van der Waals surface area (Å²) in [5.41, 5.74) is 4.48. The number of H-pyrrole nitrogens is 2. The number of aryl methyl sites for hydroxylation is 1. The van der Waals surface area contributed by atoms with E-state index in [2.05, 4.69) is 30.6 Å². The standard InChI is InChI=1S/C23H19Cl2N9O2/c1-33-8-12(5-27-33)28-23(35)34-9-19-20(10-34)30-22(29-19)21-14-4-13(2-3-18(14)31-32-21)36-11-15-16(24)6-26-7-17(15)25/h2-8H,9-11H2,1H3,(H,28,35)(H,29,30)(H,31,32). The predicted molar refractivity (Wildman–Crippen MR) is 134 cm³/mol. The molecule has 0 atom stereocenters. The van der Waals surface area contributed by atoms with Crippen LogP contribution in [0.25, 0.3) is 22.4 Å². The number of nitrogens with one attached hydrogen (secondary N) is 3. The number of imidazole rings is 1. The van der Waals surface area contributed by atoms with Crippen LogP contribution in [0, 0.1) is 0 Å². The number of pyridine rings is 1. The molecule has 1 aliphatic rings. The number of aromatic nitrogens is 7. The molecule has 0 radical (unpaired) electrons. The lowest BCUT2D eigenvalue weighted by molar-refractivity contribution is 0.212. The molecule has 5 aromatic rings. The number of rotatable bonds is 5. The number of hydrogen-bond acceptors (Lipinski definition) is 6. The molecule has 1 aliphatic heterocycles. The molecule has 0 unspecified atom stereocenters. The summed E-state index contributed by atoms with van der Waals surface area (Å²) in [7, 11) is 1.79. The molecule has 182 valence electrons. The zero-order chi connectivity index (χ0) is 24.8. The van der Waals surface area contributed by atoms with Gasteiger partial charge in [0.2, 0.25) is 0 Å². The molecule has 0 spiro atoms. The molecular weight excluding hydrogens is 505 g/mol. The third-order valence-electron chi connectivity index (χ3n) is 5.89. The van der Waals surface area contributed by atoms with Crippen molar-refractivity contribution in [3.05, 3.63) is 70.0 Å². The van der Waals surface area contributed by atoms with Crippen molar-refractivity contribution in [3.8, 4) is 17.3 Å². The van der Waals surface area contributed by atoms with E-state index >= 15 is 0 Å². The van der Waals surface area contributed by atoms with Gasteiger partial charge < -0.3 is 19.9 Å². The summed E-state index contributed by atoms with van der Waals surface area (Å²) in [5.74, 6) is 1.25. The molecule has 0 aliphatic carbocycles. The number of nitrogens with zero attached hydrogens (tertiary/aromatic N) is 6. The van der Waals surface area contributed by atoms with Gasteiger partial charge in [-0.15, -0.1) is 0 Å². The van der Waals surface area contributed by atoms with Crippen LogP contribution in [0.15, 0.2) is 43.0 Å². The topological polar surface area (TPSA) is 130 Å². The van der Waals surface area contributed by atoms with Gasteiger partial charge >= 0.3 is 6.03 Å². The Kier molecular flexibility index (Phi) is 5.50. The van der Waals surface area contributed by atoms with Gasteiger partial charge in [0.15, 0.2) is 5.82 Å². The molecule has 0 bridgehead atoms. The van der Waals surface area contributed by atoms with Crippen molar-refractivity contribution in [2.45, 2.75) is 19.7 Å². The maximum Gasteiger partial charge on any atom is 0.322 e. The minimum atomic E-state index is -0.211. The largest absolute Gasteiger partial charge is 0.489 e. The highest BCUT2D eigenvalue weighted by atomic mass is 35.5. The van der Waals surface area contributed by atoms with Crippen molar-refractivity contribution in [1.82, 2.24) is 39.8 Å². The van der Waals surface area contributed by atoms with Crippen LogP contribution in [-0.2, 0) is 26.7 Å². The van der Waals surface area contributed by atoms with E-state index in [1.54, 1.807) is 29.0 Å². The summed E-state index contributed by atoms with van der Waals surface area (Å²) in [6.45, 7) is 1.01. The molecule has 4 aromatic heterocycles. The Hall–Kier alpha value is -4.09. The van der Waals surface area contributed by atoms with E-state index in [-0.39, 0.29) is 12.6 Å². The Balaban J connectivity index is 1.19. The van der Waals surface area contributed by atoms with Gasteiger partial charge in [-0.1, -0.05) is 23.2 Å². The molecule has 0 saturated heterocycles. The number of carbonyl (C=O) groups excluding carboxylic acids is 1. The Morgan fingerprint density at radius 3 is 2.78 bits per heavy atom. The minimum absolute atomic E-state index is 0.199. The minimum Gasteiger partial charge on any atom is -0.489 e. The van der Waals surface area contributed by atoms with Crippen LogP contribution in [0.5, 0.6) is 5.75 Å². The summed E-state index contributed by atoms with van der Waals surface area (Å²) in [6.07, 6.45) is 6.40. The molecule has 13 heteroatoms. The molecule has 1 aromatic carbocycles. The van der Waals surface area contributed by atoms with Crippen LogP contribution in [0.3, 0.4) is 0 Å². The fourth-order valence-electron chi connectivity index (χ4n) is 4.07. The van der Waals surface area contributed by atoms with Crippen LogP contribution in [-0.4, -0.2) is 45.9 Å². The summed E-state index contributed by atoms with van der Waals surface area (Å²) < 4.78 is 7.58. The second-order valence-corrected chi connectivity index (χ2v) is 9.16. The van der Waals surface area contributed by atoms with E-state index in [1.807, 2.05) is 18.2 Å². The first-order valence-electron chi connectivity index (χ1n) is 11.0. The molecular formula is C23H19Cl2N9O2. The van der Waals surface area contributed by atoms with Crippen molar-refractivity contribution in [3.63, 3.8) is 0 Å². The zero-order valence-corrected chi connectivity index (χ0v) is 20.4. The maximum absolute atomic E-state index is 12.6. The van der Waals surface area contributed by atoms with Gasteiger partial charge in [-0.2, -0.15) is 10.2 Å². The van der Waals surface area contributed by atoms with Gasteiger partial charge in [-0.05, 0) is 18.2 Å².